The molecule has 12 heteroatoms. The van der Waals surface area contributed by atoms with Gasteiger partial charge in [0.2, 0.25) is 6.29 Å². The molecule has 0 saturated carbocycles. The van der Waals surface area contributed by atoms with Crippen LogP contribution in [0.15, 0.2) is 75.9 Å². The number of aliphatic hydroxyl groups excluding tert-OH is 1. The summed E-state index contributed by atoms with van der Waals surface area (Å²) in [5.41, 5.74) is 3.61. The summed E-state index contributed by atoms with van der Waals surface area (Å²) in [6.07, 6.45) is -6.46. The van der Waals surface area contributed by atoms with Crippen LogP contribution in [0.4, 0.5) is 4.79 Å². The van der Waals surface area contributed by atoms with Gasteiger partial charge in [-0.2, -0.15) is 0 Å². The minimum atomic E-state index is -1.50. The van der Waals surface area contributed by atoms with Gasteiger partial charge in [0.15, 0.2) is 18.0 Å². The number of primary amides is 1. The van der Waals surface area contributed by atoms with Crippen LogP contribution in [0, 0.1) is 6.92 Å². The number of rotatable bonds is 9. The summed E-state index contributed by atoms with van der Waals surface area (Å²) in [5.74, 6) is 0.345. The third-order valence-corrected chi connectivity index (χ3v) is 7.58. The van der Waals surface area contributed by atoms with E-state index < -0.39 is 59.9 Å². The Labute approximate surface area is 257 Å². The van der Waals surface area contributed by atoms with Crippen LogP contribution in [0.2, 0.25) is 0 Å². The second-order valence-electron chi connectivity index (χ2n) is 11.1. The molecule has 0 radical (unpaired) electrons. The number of ether oxygens (including phenoxy) is 5. The van der Waals surface area contributed by atoms with Gasteiger partial charge < -0.3 is 44.0 Å². The molecular weight excluding hydrogens is 586 g/mol. The fourth-order valence-corrected chi connectivity index (χ4v) is 5.38. The van der Waals surface area contributed by atoms with Gasteiger partial charge in [0.1, 0.15) is 34.7 Å². The van der Waals surface area contributed by atoms with E-state index in [1.165, 1.54) is 19.2 Å². The molecule has 2 heterocycles. The first-order valence-electron chi connectivity index (χ1n) is 14.1. The van der Waals surface area contributed by atoms with Crippen molar-refractivity contribution in [1.82, 2.24) is 0 Å². The molecule has 1 aliphatic rings. The predicted molar refractivity (Wildman–Crippen MR) is 161 cm³/mol. The van der Waals surface area contributed by atoms with Crippen molar-refractivity contribution in [2.75, 3.05) is 7.11 Å². The highest BCUT2D eigenvalue weighted by molar-refractivity contribution is 5.99. The van der Waals surface area contributed by atoms with Gasteiger partial charge in [0.25, 0.3) is 0 Å². The largest absolute Gasteiger partial charge is 0.507 e. The third-order valence-electron chi connectivity index (χ3n) is 7.58. The van der Waals surface area contributed by atoms with Gasteiger partial charge in [0, 0.05) is 24.7 Å². The van der Waals surface area contributed by atoms with Crippen molar-refractivity contribution in [3.05, 3.63) is 93.8 Å². The molecule has 3 aromatic carbocycles. The lowest BCUT2D eigenvalue weighted by Gasteiger charge is -2.47. The van der Waals surface area contributed by atoms with Gasteiger partial charge >= 0.3 is 11.7 Å². The van der Waals surface area contributed by atoms with Crippen LogP contribution < -0.4 is 20.8 Å². The molecule has 0 unspecified atom stereocenters. The third kappa shape index (κ3) is 6.48. The Hall–Kier alpha value is -4.91. The molecule has 4 atom stereocenters. The minimum Gasteiger partial charge on any atom is -0.507 e. The molecule has 1 aromatic heterocycles. The number of ketones is 1. The fourth-order valence-electron chi connectivity index (χ4n) is 5.38. The minimum absolute atomic E-state index is 0.00807. The van der Waals surface area contributed by atoms with Crippen LogP contribution in [0.25, 0.3) is 11.0 Å². The molecular formula is C33H33NO11. The zero-order valence-electron chi connectivity index (χ0n) is 25.0. The van der Waals surface area contributed by atoms with Crippen LogP contribution in [0.3, 0.4) is 0 Å². The highest BCUT2D eigenvalue weighted by atomic mass is 16.7. The maximum atomic E-state index is 13.2. The number of carbonyl (C=O) groups is 2. The number of benzene rings is 3. The van der Waals surface area contributed by atoms with E-state index in [2.05, 4.69) is 0 Å². The molecule has 5 rings (SSSR count). The van der Waals surface area contributed by atoms with Crippen molar-refractivity contribution >= 4 is 22.8 Å². The van der Waals surface area contributed by atoms with E-state index in [0.29, 0.717) is 17.1 Å². The molecule has 0 bridgehead atoms. The van der Waals surface area contributed by atoms with Gasteiger partial charge in [-0.05, 0) is 57.2 Å². The lowest BCUT2D eigenvalue weighted by molar-refractivity contribution is -0.304. The molecule has 0 aliphatic carbocycles. The molecule has 1 aliphatic heterocycles. The van der Waals surface area contributed by atoms with Crippen molar-refractivity contribution in [3.63, 3.8) is 0 Å². The SMILES string of the molecule is CO[C@@H]1[C@@H](OC(N)=O)[C@@H](O)[C@H](Oc2ccc3c(O)c(CC(=O)c4cccc(Oc5ccccc5)c4)c(=O)oc3c2C)OC1(C)C. The molecule has 12 nitrogen and oxygen atoms in total. The van der Waals surface area contributed by atoms with Crippen LogP contribution in [0.5, 0.6) is 23.0 Å². The van der Waals surface area contributed by atoms with Crippen LogP contribution in [0.1, 0.15) is 35.3 Å². The summed E-state index contributed by atoms with van der Waals surface area (Å²) in [6, 6.07) is 18.5. The van der Waals surface area contributed by atoms with E-state index in [1.807, 2.05) is 18.2 Å². The molecule has 4 N–H and O–H groups in total. The first-order valence-corrected chi connectivity index (χ1v) is 14.1. The topological polar surface area (TPSA) is 177 Å². The standard InChI is InChI=1S/C33H33NO11/c1-17-24(42-31-26(37)28(44-32(34)39)29(40-4)33(2,3)45-31)14-13-21-25(36)22(30(38)43-27(17)21)16-23(35)18-9-8-12-20(15-18)41-19-10-6-5-7-11-19/h5-15,26,28-29,31,36-37H,16H2,1-4H3,(H2,34,39)/t26-,28+,29-,31-/m1/s1. The predicted octanol–water partition coefficient (Wildman–Crippen LogP) is 4.38. The number of hydrogen-bond donors (Lipinski definition) is 3. The highest BCUT2D eigenvalue weighted by Crippen LogP contribution is 2.38. The maximum absolute atomic E-state index is 13.2. The van der Waals surface area contributed by atoms with E-state index in [0.717, 1.165) is 0 Å². The number of nitrogens with two attached hydrogens (primary N) is 1. The summed E-state index contributed by atoms with van der Waals surface area (Å²) in [7, 11) is 1.38. The maximum Gasteiger partial charge on any atom is 0.404 e. The number of aliphatic hydroxyl groups is 1. The lowest BCUT2D eigenvalue weighted by atomic mass is 9.89. The van der Waals surface area contributed by atoms with E-state index in [-0.39, 0.29) is 27.8 Å². The second-order valence-corrected chi connectivity index (χ2v) is 11.1. The monoisotopic (exact) mass is 619 g/mol. The first-order chi connectivity index (χ1) is 21.4. The number of amides is 1. The van der Waals surface area contributed by atoms with Crippen LogP contribution in [-0.2, 0) is 20.6 Å². The molecule has 1 saturated heterocycles. The smallest absolute Gasteiger partial charge is 0.404 e. The van der Waals surface area contributed by atoms with Gasteiger partial charge in [-0.1, -0.05) is 30.3 Å². The van der Waals surface area contributed by atoms with E-state index in [4.69, 9.17) is 33.8 Å². The van der Waals surface area contributed by atoms with Crippen molar-refractivity contribution in [2.24, 2.45) is 5.73 Å². The van der Waals surface area contributed by atoms with Gasteiger partial charge in [0.05, 0.1) is 16.6 Å². The Morgan fingerprint density at radius 3 is 2.42 bits per heavy atom. The average molecular weight is 620 g/mol. The van der Waals surface area contributed by atoms with Crippen molar-refractivity contribution in [3.8, 4) is 23.0 Å². The zero-order valence-corrected chi connectivity index (χ0v) is 25.0. The number of hydrogen-bond acceptors (Lipinski definition) is 11. The van der Waals surface area contributed by atoms with Gasteiger partial charge in [-0.15, -0.1) is 0 Å². The van der Waals surface area contributed by atoms with Crippen molar-refractivity contribution in [2.45, 2.75) is 57.4 Å². The number of para-hydroxylation sites is 1. The van der Waals surface area contributed by atoms with Crippen molar-refractivity contribution in [1.29, 1.82) is 0 Å². The highest BCUT2D eigenvalue weighted by Gasteiger charge is 2.53. The van der Waals surface area contributed by atoms with E-state index in [9.17, 15) is 24.6 Å². The number of carbonyl (C=O) groups excluding carboxylic acids is 2. The number of aryl methyl sites for hydroxylation is 1. The molecule has 45 heavy (non-hydrogen) atoms. The number of methoxy groups -OCH3 is 1. The number of aromatic hydroxyl groups is 1. The Kier molecular flexibility index (Phi) is 8.82. The molecule has 1 amide bonds. The molecule has 0 spiro atoms. The van der Waals surface area contributed by atoms with E-state index >= 15 is 0 Å². The van der Waals surface area contributed by atoms with Gasteiger partial charge in [-0.25, -0.2) is 9.59 Å². The summed E-state index contributed by atoms with van der Waals surface area (Å²) in [4.78, 5) is 37.8. The van der Waals surface area contributed by atoms with Crippen molar-refractivity contribution < 1.29 is 47.9 Å². The lowest BCUT2D eigenvalue weighted by Crippen LogP contribution is -2.65. The summed E-state index contributed by atoms with van der Waals surface area (Å²) < 4.78 is 33.8. The quantitative estimate of drug-likeness (QED) is 0.179. The Morgan fingerprint density at radius 1 is 1.02 bits per heavy atom. The van der Waals surface area contributed by atoms with Gasteiger partial charge in [-0.3, -0.25) is 4.79 Å². The summed E-state index contributed by atoms with van der Waals surface area (Å²) >= 11 is 0. The Bertz CT molecular complexity index is 1780. The van der Waals surface area contributed by atoms with Crippen LogP contribution >= 0.6 is 0 Å². The number of fused-ring (bicyclic) bond motifs is 1. The summed E-state index contributed by atoms with van der Waals surface area (Å²) in [6.45, 7) is 4.92. The summed E-state index contributed by atoms with van der Waals surface area (Å²) in [5, 5.41) is 22.2. The number of Topliss-reactive ketones (excluding diaryl/α,β-unsaturated/α-hetero) is 1. The molecule has 236 valence electrons. The zero-order chi connectivity index (χ0) is 32.5. The fraction of sp³-hybridized carbons (Fsp3) is 0.303. The Balaban J connectivity index is 1.39. The second kappa shape index (κ2) is 12.6. The molecule has 1 fully saturated rings. The molecule has 4 aromatic rings. The Morgan fingerprint density at radius 2 is 1.73 bits per heavy atom. The normalized spacial score (nSPS) is 20.8. The van der Waals surface area contributed by atoms with Crippen LogP contribution in [-0.4, -0.2) is 59.4 Å². The first kappa shape index (κ1) is 31.5. The average Bonchev–Trinajstić information content (AvgIpc) is 2.99. The van der Waals surface area contributed by atoms with E-state index in [1.54, 1.807) is 57.2 Å².